The third-order valence-electron chi connectivity index (χ3n) is 2.32. The van der Waals surface area contributed by atoms with Crippen molar-refractivity contribution in [2.75, 3.05) is 13.1 Å². The Morgan fingerprint density at radius 2 is 2.33 bits per heavy atom. The van der Waals surface area contributed by atoms with Crippen LogP contribution in [0.2, 0.25) is 0 Å². The van der Waals surface area contributed by atoms with Crippen molar-refractivity contribution < 1.29 is 0 Å². The fourth-order valence-electron chi connectivity index (χ4n) is 1.48. The van der Waals surface area contributed by atoms with Crippen molar-refractivity contribution in [3.05, 3.63) is 29.6 Å². The van der Waals surface area contributed by atoms with Crippen LogP contribution in [0, 0.1) is 6.92 Å². The third kappa shape index (κ3) is 5.09. The molecule has 4 N–H and O–H groups in total. The summed E-state index contributed by atoms with van der Waals surface area (Å²) in [5.74, 6) is 0.610. The molecule has 1 heterocycles. The molecule has 0 bridgehead atoms. The van der Waals surface area contributed by atoms with E-state index in [1.165, 1.54) is 5.56 Å². The van der Waals surface area contributed by atoms with Crippen LogP contribution >= 0.6 is 12.2 Å². The van der Waals surface area contributed by atoms with E-state index in [4.69, 9.17) is 18.0 Å². The molecule has 0 radical (unpaired) electrons. The summed E-state index contributed by atoms with van der Waals surface area (Å²) < 4.78 is 0. The van der Waals surface area contributed by atoms with Gasteiger partial charge in [0.15, 0.2) is 11.1 Å². The molecule has 0 unspecified atom stereocenters. The van der Waals surface area contributed by atoms with E-state index in [2.05, 4.69) is 20.6 Å². The SMILES string of the molecule is CCNC(=NCCc1ncccc1C)NC(N)=S. The Labute approximate surface area is 113 Å². The molecule has 0 aliphatic rings. The van der Waals surface area contributed by atoms with Crippen LogP contribution in [0.5, 0.6) is 0 Å². The zero-order chi connectivity index (χ0) is 13.4. The first-order valence-corrected chi connectivity index (χ1v) is 6.29. The number of hydrogen-bond acceptors (Lipinski definition) is 3. The average molecular weight is 265 g/mol. The number of nitrogens with one attached hydrogen (secondary N) is 2. The molecule has 1 rings (SSSR count). The van der Waals surface area contributed by atoms with Gasteiger partial charge in [0.05, 0.1) is 0 Å². The lowest BCUT2D eigenvalue weighted by atomic mass is 10.2. The van der Waals surface area contributed by atoms with Gasteiger partial charge in [-0.15, -0.1) is 0 Å². The van der Waals surface area contributed by atoms with Gasteiger partial charge in [0, 0.05) is 31.4 Å². The molecular formula is C12H19N5S. The maximum absolute atomic E-state index is 5.42. The second kappa shape index (κ2) is 7.60. The maximum atomic E-state index is 5.42. The topological polar surface area (TPSA) is 75.3 Å². The number of hydrogen-bond donors (Lipinski definition) is 3. The van der Waals surface area contributed by atoms with Gasteiger partial charge in [-0.2, -0.15) is 0 Å². The smallest absolute Gasteiger partial charge is 0.197 e. The second-order valence-electron chi connectivity index (χ2n) is 3.77. The molecule has 6 heteroatoms. The number of rotatable bonds is 4. The third-order valence-corrected chi connectivity index (χ3v) is 2.42. The Hall–Kier alpha value is -1.69. The molecule has 1 aromatic heterocycles. The first kappa shape index (κ1) is 14.4. The molecule has 0 saturated heterocycles. The Kier molecular flexibility index (Phi) is 6.07. The van der Waals surface area contributed by atoms with Gasteiger partial charge >= 0.3 is 0 Å². The number of nitrogens with zero attached hydrogens (tertiary/aromatic N) is 2. The van der Waals surface area contributed by atoms with Gasteiger partial charge < -0.3 is 16.4 Å². The normalized spacial score (nSPS) is 11.1. The van der Waals surface area contributed by atoms with Crippen molar-refractivity contribution in [2.24, 2.45) is 10.7 Å². The van der Waals surface area contributed by atoms with Crippen LogP contribution in [0.3, 0.4) is 0 Å². The minimum Gasteiger partial charge on any atom is -0.376 e. The van der Waals surface area contributed by atoms with E-state index >= 15 is 0 Å². The Bertz CT molecular complexity index is 430. The van der Waals surface area contributed by atoms with E-state index in [0.29, 0.717) is 12.5 Å². The summed E-state index contributed by atoms with van der Waals surface area (Å²) in [6.45, 7) is 5.43. The molecule has 0 amide bonds. The minimum absolute atomic E-state index is 0.212. The van der Waals surface area contributed by atoms with Gasteiger partial charge in [-0.3, -0.25) is 9.98 Å². The van der Waals surface area contributed by atoms with E-state index in [1.807, 2.05) is 26.0 Å². The Balaban J connectivity index is 2.55. The Morgan fingerprint density at radius 3 is 2.94 bits per heavy atom. The molecule has 0 fully saturated rings. The van der Waals surface area contributed by atoms with Crippen molar-refractivity contribution in [3.8, 4) is 0 Å². The summed E-state index contributed by atoms with van der Waals surface area (Å²) in [5, 5.41) is 6.09. The largest absolute Gasteiger partial charge is 0.376 e. The molecule has 1 aromatic rings. The van der Waals surface area contributed by atoms with E-state index in [1.54, 1.807) is 6.20 Å². The molecule has 0 aromatic carbocycles. The van der Waals surface area contributed by atoms with E-state index in [0.717, 1.165) is 18.7 Å². The highest BCUT2D eigenvalue weighted by Crippen LogP contribution is 2.03. The number of pyridine rings is 1. The zero-order valence-electron chi connectivity index (χ0n) is 10.7. The number of thiocarbonyl (C=S) groups is 1. The van der Waals surface area contributed by atoms with Gasteiger partial charge in [0.2, 0.25) is 0 Å². The van der Waals surface area contributed by atoms with Crippen LogP contribution in [-0.2, 0) is 6.42 Å². The van der Waals surface area contributed by atoms with Gasteiger partial charge in [-0.1, -0.05) is 6.07 Å². The first-order chi connectivity index (χ1) is 8.63. The number of aliphatic imine (C=N–C) groups is 1. The van der Waals surface area contributed by atoms with Crippen LogP contribution < -0.4 is 16.4 Å². The lowest BCUT2D eigenvalue weighted by molar-refractivity contribution is 0.869. The molecule has 5 nitrogen and oxygen atoms in total. The fourth-order valence-corrected chi connectivity index (χ4v) is 1.57. The molecule has 18 heavy (non-hydrogen) atoms. The van der Waals surface area contributed by atoms with Gasteiger partial charge in [-0.25, -0.2) is 0 Å². The molecule has 0 atom stereocenters. The number of guanidine groups is 1. The number of aryl methyl sites for hydroxylation is 1. The van der Waals surface area contributed by atoms with Crippen LogP contribution in [0.15, 0.2) is 23.3 Å². The monoisotopic (exact) mass is 265 g/mol. The van der Waals surface area contributed by atoms with Crippen molar-refractivity contribution in [1.29, 1.82) is 0 Å². The predicted octanol–water partition coefficient (Wildman–Crippen LogP) is 0.731. The van der Waals surface area contributed by atoms with Crippen molar-refractivity contribution in [1.82, 2.24) is 15.6 Å². The molecule has 0 spiro atoms. The van der Waals surface area contributed by atoms with Crippen molar-refractivity contribution in [2.45, 2.75) is 20.3 Å². The second-order valence-corrected chi connectivity index (χ2v) is 4.21. The lowest BCUT2D eigenvalue weighted by Crippen LogP contribution is -2.43. The standard InChI is InChI=1S/C12H19N5S/c1-3-14-12(17-11(13)18)16-8-6-10-9(2)5-4-7-15-10/h4-5,7H,3,6,8H2,1-2H3,(H4,13,14,16,17,18). The van der Waals surface area contributed by atoms with Crippen molar-refractivity contribution in [3.63, 3.8) is 0 Å². The maximum Gasteiger partial charge on any atom is 0.197 e. The average Bonchev–Trinajstić information content (AvgIpc) is 2.31. The van der Waals surface area contributed by atoms with Crippen LogP contribution in [0.25, 0.3) is 0 Å². The van der Waals surface area contributed by atoms with Crippen LogP contribution in [-0.4, -0.2) is 29.1 Å². The van der Waals surface area contributed by atoms with Gasteiger partial charge in [0.25, 0.3) is 0 Å². The first-order valence-electron chi connectivity index (χ1n) is 5.88. The zero-order valence-corrected chi connectivity index (χ0v) is 11.5. The van der Waals surface area contributed by atoms with Crippen molar-refractivity contribution >= 4 is 23.3 Å². The highest BCUT2D eigenvalue weighted by atomic mass is 32.1. The highest BCUT2D eigenvalue weighted by molar-refractivity contribution is 7.80. The quantitative estimate of drug-likeness (QED) is 0.425. The van der Waals surface area contributed by atoms with Crippen LogP contribution in [0.1, 0.15) is 18.2 Å². The summed E-state index contributed by atoms with van der Waals surface area (Å²) in [6.07, 6.45) is 2.59. The van der Waals surface area contributed by atoms with E-state index < -0.39 is 0 Å². The summed E-state index contributed by atoms with van der Waals surface area (Å²) >= 11 is 4.78. The molecule has 0 aliphatic carbocycles. The van der Waals surface area contributed by atoms with E-state index in [9.17, 15) is 0 Å². The van der Waals surface area contributed by atoms with E-state index in [-0.39, 0.29) is 5.11 Å². The molecule has 0 aliphatic heterocycles. The summed E-state index contributed by atoms with van der Waals surface area (Å²) in [7, 11) is 0. The van der Waals surface area contributed by atoms with Gasteiger partial charge in [-0.05, 0) is 37.7 Å². The minimum atomic E-state index is 0.212. The predicted molar refractivity (Wildman–Crippen MR) is 78.6 cm³/mol. The molecule has 0 saturated carbocycles. The number of aromatic nitrogens is 1. The van der Waals surface area contributed by atoms with Crippen LogP contribution in [0.4, 0.5) is 0 Å². The molecule has 98 valence electrons. The fraction of sp³-hybridized carbons (Fsp3) is 0.417. The Morgan fingerprint density at radius 1 is 1.56 bits per heavy atom. The number of nitrogens with two attached hydrogens (primary N) is 1. The summed E-state index contributed by atoms with van der Waals surface area (Å²) in [4.78, 5) is 8.70. The molecular weight excluding hydrogens is 246 g/mol. The summed E-state index contributed by atoms with van der Waals surface area (Å²) in [5.41, 5.74) is 7.66. The highest BCUT2D eigenvalue weighted by Gasteiger charge is 2.00. The summed E-state index contributed by atoms with van der Waals surface area (Å²) in [6, 6.07) is 3.98. The van der Waals surface area contributed by atoms with Gasteiger partial charge in [0.1, 0.15) is 0 Å². The lowest BCUT2D eigenvalue weighted by Gasteiger charge is -2.09.